The average molecular weight is 254 g/mol. The number of ether oxygens (including phenoxy) is 1. The number of rotatable bonds is 4. The van der Waals surface area contributed by atoms with E-state index in [-0.39, 0.29) is 24.4 Å². The van der Waals surface area contributed by atoms with Gasteiger partial charge < -0.3 is 9.64 Å². The lowest BCUT2D eigenvalue weighted by Crippen LogP contribution is -2.28. The molecule has 0 saturated carbocycles. The Hall–Kier alpha value is -2.16. The molecule has 0 aromatic heterocycles. The van der Waals surface area contributed by atoms with E-state index in [0.717, 1.165) is 17.0 Å². The molecule has 4 nitrogen and oxygen atoms in total. The van der Waals surface area contributed by atoms with Gasteiger partial charge in [0, 0.05) is 7.05 Å². The van der Waals surface area contributed by atoms with Crippen molar-refractivity contribution in [3.63, 3.8) is 0 Å². The highest BCUT2D eigenvalue weighted by Crippen LogP contribution is 2.23. The highest BCUT2D eigenvalue weighted by molar-refractivity contribution is 5.75. The summed E-state index contributed by atoms with van der Waals surface area (Å²) in [6.45, 7) is 1.57. The largest absolute Gasteiger partial charge is 0.465 e. The maximum Gasteiger partial charge on any atom is 0.325 e. The molecule has 0 unspecified atom stereocenters. The van der Waals surface area contributed by atoms with Gasteiger partial charge in [-0.3, -0.25) is 4.79 Å². The first kappa shape index (κ1) is 13.9. The zero-order chi connectivity index (χ0) is 13.7. The van der Waals surface area contributed by atoms with E-state index in [1.165, 1.54) is 7.05 Å². The van der Waals surface area contributed by atoms with E-state index in [1.54, 1.807) is 13.0 Å². The van der Waals surface area contributed by atoms with Gasteiger partial charge in [-0.2, -0.15) is 5.26 Å². The summed E-state index contributed by atoms with van der Waals surface area (Å²) in [5, 5.41) is 8.56. The van der Waals surface area contributed by atoms with Crippen molar-refractivity contribution in [2.45, 2.75) is 6.92 Å². The predicted octanol–water partition coefficient (Wildman–Crippen LogP) is 1.84. The number of nitrogens with zero attached hydrogens (tertiary/aromatic N) is 2. The standard InChI is InChI=1S/C12H12F2N2O2/c1-3-18-11(17)7-16(2)12-9(13)4-8(6-15)5-10(12)14/h4-5H,3,7H2,1-2H3. The molecular formula is C12H12F2N2O2. The van der Waals surface area contributed by atoms with Crippen LogP contribution in [-0.4, -0.2) is 26.2 Å². The molecule has 0 aliphatic carbocycles. The number of hydrogen-bond acceptors (Lipinski definition) is 4. The van der Waals surface area contributed by atoms with Crippen LogP contribution < -0.4 is 4.90 Å². The molecule has 0 saturated heterocycles. The average Bonchev–Trinajstić information content (AvgIpc) is 2.27. The van der Waals surface area contributed by atoms with Crippen molar-refractivity contribution in [3.8, 4) is 6.07 Å². The quantitative estimate of drug-likeness (QED) is 0.769. The number of esters is 1. The molecule has 1 aromatic carbocycles. The molecule has 0 aliphatic heterocycles. The molecule has 0 fully saturated rings. The third kappa shape index (κ3) is 3.17. The second-order valence-electron chi connectivity index (χ2n) is 3.56. The summed E-state index contributed by atoms with van der Waals surface area (Å²) in [6.07, 6.45) is 0. The minimum atomic E-state index is -0.890. The zero-order valence-corrected chi connectivity index (χ0v) is 10.0. The molecule has 1 aromatic rings. The van der Waals surface area contributed by atoms with Crippen LogP contribution in [0.5, 0.6) is 0 Å². The van der Waals surface area contributed by atoms with Crippen LogP contribution in [0.3, 0.4) is 0 Å². The van der Waals surface area contributed by atoms with Crippen LogP contribution in [0.25, 0.3) is 0 Å². The van der Waals surface area contributed by atoms with Crippen molar-refractivity contribution in [2.24, 2.45) is 0 Å². The maximum atomic E-state index is 13.6. The number of carbonyl (C=O) groups is 1. The van der Waals surface area contributed by atoms with Gasteiger partial charge in [0.25, 0.3) is 0 Å². The molecule has 0 spiro atoms. The number of halogens is 2. The molecule has 0 bridgehead atoms. The van der Waals surface area contributed by atoms with Crippen molar-refractivity contribution in [2.75, 3.05) is 25.1 Å². The molecule has 0 aliphatic rings. The van der Waals surface area contributed by atoms with E-state index >= 15 is 0 Å². The summed E-state index contributed by atoms with van der Waals surface area (Å²) in [7, 11) is 1.37. The first-order chi connectivity index (χ1) is 8.49. The Morgan fingerprint density at radius 1 is 1.44 bits per heavy atom. The zero-order valence-electron chi connectivity index (χ0n) is 10.0. The van der Waals surface area contributed by atoms with Gasteiger partial charge in [0.2, 0.25) is 0 Å². The van der Waals surface area contributed by atoms with Gasteiger partial charge in [-0.25, -0.2) is 8.78 Å². The van der Waals surface area contributed by atoms with Gasteiger partial charge in [0.15, 0.2) is 11.6 Å². The fourth-order valence-electron chi connectivity index (χ4n) is 1.47. The SMILES string of the molecule is CCOC(=O)CN(C)c1c(F)cc(C#N)cc1F. The van der Waals surface area contributed by atoms with E-state index < -0.39 is 17.6 Å². The van der Waals surface area contributed by atoms with E-state index in [9.17, 15) is 13.6 Å². The Labute approximate surface area is 103 Å². The van der Waals surface area contributed by atoms with Gasteiger partial charge in [0.1, 0.15) is 12.2 Å². The molecule has 6 heteroatoms. The third-order valence-corrected chi connectivity index (χ3v) is 2.20. The lowest BCUT2D eigenvalue weighted by molar-refractivity contribution is -0.141. The van der Waals surface area contributed by atoms with Gasteiger partial charge in [0.05, 0.1) is 18.2 Å². The second-order valence-corrected chi connectivity index (χ2v) is 3.56. The van der Waals surface area contributed by atoms with Crippen molar-refractivity contribution in [3.05, 3.63) is 29.3 Å². The van der Waals surface area contributed by atoms with Crippen LogP contribution in [0.4, 0.5) is 14.5 Å². The molecule has 0 N–H and O–H groups in total. The number of nitriles is 1. The van der Waals surface area contributed by atoms with E-state index in [0.29, 0.717) is 0 Å². The predicted molar refractivity (Wildman–Crippen MR) is 61.0 cm³/mol. The monoisotopic (exact) mass is 254 g/mol. The maximum absolute atomic E-state index is 13.6. The lowest BCUT2D eigenvalue weighted by atomic mass is 10.2. The molecule has 1 rings (SSSR count). The molecular weight excluding hydrogens is 242 g/mol. The van der Waals surface area contributed by atoms with Gasteiger partial charge in [-0.15, -0.1) is 0 Å². The third-order valence-electron chi connectivity index (χ3n) is 2.20. The Morgan fingerprint density at radius 3 is 2.44 bits per heavy atom. The highest BCUT2D eigenvalue weighted by Gasteiger charge is 2.17. The van der Waals surface area contributed by atoms with Crippen LogP contribution in [0.2, 0.25) is 0 Å². The Kier molecular flexibility index (Phi) is 4.60. The number of carbonyl (C=O) groups excluding carboxylic acids is 1. The molecule has 0 atom stereocenters. The van der Waals surface area contributed by atoms with Crippen LogP contribution >= 0.6 is 0 Å². The van der Waals surface area contributed by atoms with Crippen LogP contribution in [0.1, 0.15) is 12.5 Å². The van der Waals surface area contributed by atoms with Crippen molar-refractivity contribution in [1.29, 1.82) is 5.26 Å². The molecule has 18 heavy (non-hydrogen) atoms. The van der Waals surface area contributed by atoms with Gasteiger partial charge in [-0.1, -0.05) is 0 Å². The summed E-state index contributed by atoms with van der Waals surface area (Å²) >= 11 is 0. The number of benzene rings is 1. The second kappa shape index (κ2) is 5.96. The fraction of sp³-hybridized carbons (Fsp3) is 0.333. The Balaban J connectivity index is 2.96. The summed E-state index contributed by atoms with van der Waals surface area (Å²) < 4.78 is 31.9. The van der Waals surface area contributed by atoms with Crippen LogP contribution in [0.15, 0.2) is 12.1 Å². The summed E-state index contributed by atoms with van der Waals surface area (Å²) in [6, 6.07) is 3.48. The first-order valence-corrected chi connectivity index (χ1v) is 5.25. The minimum Gasteiger partial charge on any atom is -0.465 e. The van der Waals surface area contributed by atoms with Crippen molar-refractivity contribution in [1.82, 2.24) is 0 Å². The van der Waals surface area contributed by atoms with Gasteiger partial charge >= 0.3 is 5.97 Å². The normalized spacial score (nSPS) is 9.72. The highest BCUT2D eigenvalue weighted by atomic mass is 19.1. The lowest BCUT2D eigenvalue weighted by Gasteiger charge is -2.19. The van der Waals surface area contributed by atoms with Crippen LogP contribution in [0, 0.1) is 23.0 Å². The molecule has 0 heterocycles. The van der Waals surface area contributed by atoms with Gasteiger partial charge in [-0.05, 0) is 19.1 Å². The van der Waals surface area contributed by atoms with Crippen molar-refractivity contribution >= 4 is 11.7 Å². The Morgan fingerprint density at radius 2 is 2.00 bits per heavy atom. The molecule has 0 radical (unpaired) electrons. The smallest absolute Gasteiger partial charge is 0.325 e. The Bertz CT molecular complexity index is 474. The summed E-state index contributed by atoms with van der Waals surface area (Å²) in [5.41, 5.74) is -0.472. The fourth-order valence-corrected chi connectivity index (χ4v) is 1.47. The first-order valence-electron chi connectivity index (χ1n) is 5.25. The summed E-state index contributed by atoms with van der Waals surface area (Å²) in [5.74, 6) is -2.36. The van der Waals surface area contributed by atoms with Crippen LogP contribution in [-0.2, 0) is 9.53 Å². The molecule has 0 amide bonds. The van der Waals surface area contributed by atoms with E-state index in [4.69, 9.17) is 5.26 Å². The van der Waals surface area contributed by atoms with Crippen molar-refractivity contribution < 1.29 is 18.3 Å². The van der Waals surface area contributed by atoms with E-state index in [2.05, 4.69) is 4.74 Å². The molecule has 96 valence electrons. The number of hydrogen-bond donors (Lipinski definition) is 0. The summed E-state index contributed by atoms with van der Waals surface area (Å²) in [4.78, 5) is 12.3. The number of likely N-dealkylation sites (N-methyl/N-ethyl adjacent to an activating group) is 1. The number of anilines is 1. The minimum absolute atomic E-state index is 0.113. The topological polar surface area (TPSA) is 53.3 Å². The van der Waals surface area contributed by atoms with E-state index in [1.807, 2.05) is 0 Å².